The number of hydrogen-bond donors (Lipinski definition) is 0. The van der Waals surface area contributed by atoms with Crippen molar-refractivity contribution in [1.29, 1.82) is 0 Å². The summed E-state index contributed by atoms with van der Waals surface area (Å²) in [4.78, 5) is 27.9. The summed E-state index contributed by atoms with van der Waals surface area (Å²) in [6.45, 7) is 6.77. The molecule has 6 nitrogen and oxygen atoms in total. The lowest BCUT2D eigenvalue weighted by Gasteiger charge is -2.36. The second-order valence-corrected chi connectivity index (χ2v) is 8.23. The van der Waals surface area contributed by atoms with E-state index >= 15 is 0 Å². The van der Waals surface area contributed by atoms with Gasteiger partial charge in [0.05, 0.1) is 6.54 Å². The molecule has 7 heteroatoms. The maximum atomic E-state index is 12.7. The molecule has 1 amide bonds. The van der Waals surface area contributed by atoms with E-state index in [1.165, 1.54) is 12.8 Å². The van der Waals surface area contributed by atoms with Crippen LogP contribution in [0.5, 0.6) is 0 Å². The largest absolute Gasteiger partial charge is 0.356 e. The Balaban J connectivity index is 1.40. The molecule has 3 heterocycles. The number of carbonyl (C=O) groups excluding carboxylic acids is 1. The van der Waals surface area contributed by atoms with Crippen LogP contribution in [0.25, 0.3) is 0 Å². The first kappa shape index (κ1) is 19.0. The van der Waals surface area contributed by atoms with Gasteiger partial charge in [-0.05, 0) is 36.5 Å². The number of aromatic nitrogens is 2. The molecule has 1 aromatic carbocycles. The molecule has 1 unspecified atom stereocenters. The zero-order chi connectivity index (χ0) is 19.5. The third kappa shape index (κ3) is 4.38. The van der Waals surface area contributed by atoms with Gasteiger partial charge < -0.3 is 14.7 Å². The van der Waals surface area contributed by atoms with E-state index in [0.29, 0.717) is 30.6 Å². The highest BCUT2D eigenvalue weighted by molar-refractivity contribution is 6.30. The van der Waals surface area contributed by atoms with Gasteiger partial charge in [-0.2, -0.15) is 0 Å². The summed E-state index contributed by atoms with van der Waals surface area (Å²) in [5.74, 6) is 2.61. The number of halogens is 1. The standard InChI is InChI=1S/C21H26ClN5O/c1-16-3-2-8-25(12-16)19-11-20(24-15-23-19)26-9-10-27(21(28)14-26)13-17-4-6-18(22)7-5-17/h4-7,11,15-16H,2-3,8-10,12-14H2,1H3. The summed E-state index contributed by atoms with van der Waals surface area (Å²) < 4.78 is 0. The number of amides is 1. The third-order valence-electron chi connectivity index (χ3n) is 5.55. The summed E-state index contributed by atoms with van der Waals surface area (Å²) in [6.07, 6.45) is 4.09. The number of piperazine rings is 1. The fourth-order valence-corrected chi connectivity index (χ4v) is 4.09. The van der Waals surface area contributed by atoms with Crippen molar-refractivity contribution in [2.24, 2.45) is 5.92 Å². The Morgan fingerprint density at radius 2 is 1.82 bits per heavy atom. The highest BCUT2D eigenvalue weighted by atomic mass is 35.5. The number of benzene rings is 1. The number of piperidine rings is 1. The van der Waals surface area contributed by atoms with Crippen LogP contribution in [0.15, 0.2) is 36.7 Å². The molecule has 0 spiro atoms. The van der Waals surface area contributed by atoms with Crippen molar-refractivity contribution >= 4 is 29.1 Å². The van der Waals surface area contributed by atoms with Crippen molar-refractivity contribution in [2.75, 3.05) is 42.5 Å². The second-order valence-electron chi connectivity index (χ2n) is 7.79. The van der Waals surface area contributed by atoms with Gasteiger partial charge in [0.1, 0.15) is 18.0 Å². The van der Waals surface area contributed by atoms with Crippen molar-refractivity contribution in [3.05, 3.63) is 47.2 Å². The zero-order valence-corrected chi connectivity index (χ0v) is 17.0. The number of anilines is 2. The fraction of sp³-hybridized carbons (Fsp3) is 0.476. The van der Waals surface area contributed by atoms with Gasteiger partial charge in [-0.25, -0.2) is 9.97 Å². The molecule has 4 rings (SSSR count). The van der Waals surface area contributed by atoms with Crippen molar-refractivity contribution < 1.29 is 4.79 Å². The summed E-state index contributed by atoms with van der Waals surface area (Å²) in [6, 6.07) is 9.69. The van der Waals surface area contributed by atoms with E-state index in [1.807, 2.05) is 35.2 Å². The van der Waals surface area contributed by atoms with Crippen molar-refractivity contribution in [3.8, 4) is 0 Å². The first-order chi connectivity index (χ1) is 13.6. The molecule has 28 heavy (non-hydrogen) atoms. The molecule has 148 valence electrons. The Hall–Kier alpha value is -2.34. The topological polar surface area (TPSA) is 52.6 Å². The van der Waals surface area contributed by atoms with E-state index in [0.717, 1.165) is 36.8 Å². The van der Waals surface area contributed by atoms with Crippen LogP contribution in [-0.2, 0) is 11.3 Å². The van der Waals surface area contributed by atoms with Crippen LogP contribution in [0, 0.1) is 5.92 Å². The van der Waals surface area contributed by atoms with Crippen LogP contribution in [0.3, 0.4) is 0 Å². The minimum absolute atomic E-state index is 0.118. The van der Waals surface area contributed by atoms with Crippen molar-refractivity contribution in [1.82, 2.24) is 14.9 Å². The maximum Gasteiger partial charge on any atom is 0.242 e. The molecule has 0 radical (unpaired) electrons. The lowest BCUT2D eigenvalue weighted by atomic mass is 10.0. The van der Waals surface area contributed by atoms with E-state index in [9.17, 15) is 4.79 Å². The Morgan fingerprint density at radius 3 is 2.54 bits per heavy atom. The van der Waals surface area contributed by atoms with Crippen LogP contribution in [-0.4, -0.2) is 53.5 Å². The molecular weight excluding hydrogens is 374 g/mol. The van der Waals surface area contributed by atoms with Gasteiger partial charge in [-0.15, -0.1) is 0 Å². The lowest BCUT2D eigenvalue weighted by molar-refractivity contribution is -0.131. The van der Waals surface area contributed by atoms with Crippen molar-refractivity contribution in [3.63, 3.8) is 0 Å². The predicted octanol–water partition coefficient (Wildman–Crippen LogP) is 3.22. The van der Waals surface area contributed by atoms with Gasteiger partial charge in [-0.3, -0.25) is 4.79 Å². The monoisotopic (exact) mass is 399 g/mol. The van der Waals surface area contributed by atoms with Gasteiger partial charge in [0.25, 0.3) is 0 Å². The number of nitrogens with zero attached hydrogens (tertiary/aromatic N) is 5. The molecule has 2 aliphatic rings. The van der Waals surface area contributed by atoms with Crippen LogP contribution in [0.2, 0.25) is 5.02 Å². The summed E-state index contributed by atoms with van der Waals surface area (Å²) >= 11 is 5.94. The first-order valence-electron chi connectivity index (χ1n) is 9.92. The molecule has 2 fully saturated rings. The second kappa shape index (κ2) is 8.35. The van der Waals surface area contributed by atoms with Gasteiger partial charge in [0, 0.05) is 43.8 Å². The highest BCUT2D eigenvalue weighted by Gasteiger charge is 2.26. The molecule has 2 aromatic rings. The maximum absolute atomic E-state index is 12.7. The average molecular weight is 400 g/mol. The summed E-state index contributed by atoms with van der Waals surface area (Å²) in [5.41, 5.74) is 1.09. The van der Waals surface area contributed by atoms with Crippen LogP contribution in [0.1, 0.15) is 25.3 Å². The minimum Gasteiger partial charge on any atom is -0.356 e. The quantitative estimate of drug-likeness (QED) is 0.790. The molecule has 1 aromatic heterocycles. The smallest absolute Gasteiger partial charge is 0.242 e. The first-order valence-corrected chi connectivity index (χ1v) is 10.3. The molecule has 0 N–H and O–H groups in total. The Labute approximate surface area is 171 Å². The predicted molar refractivity (Wildman–Crippen MR) is 112 cm³/mol. The molecule has 0 aliphatic carbocycles. The van der Waals surface area contributed by atoms with Crippen LogP contribution < -0.4 is 9.80 Å². The molecular formula is C21H26ClN5O. The average Bonchev–Trinajstić information content (AvgIpc) is 2.71. The number of rotatable bonds is 4. The highest BCUT2D eigenvalue weighted by Crippen LogP contribution is 2.24. The van der Waals surface area contributed by atoms with Gasteiger partial charge in [0.2, 0.25) is 5.91 Å². The molecule has 2 aliphatic heterocycles. The lowest BCUT2D eigenvalue weighted by Crippen LogP contribution is -2.50. The summed E-state index contributed by atoms with van der Waals surface area (Å²) in [5, 5.41) is 0.711. The van der Waals surface area contributed by atoms with E-state index in [2.05, 4.69) is 26.7 Å². The number of carbonyl (C=O) groups is 1. The van der Waals surface area contributed by atoms with Gasteiger partial charge >= 0.3 is 0 Å². The molecule has 0 saturated carbocycles. The van der Waals surface area contributed by atoms with Gasteiger partial charge in [-0.1, -0.05) is 30.7 Å². The van der Waals surface area contributed by atoms with Crippen LogP contribution >= 0.6 is 11.6 Å². The number of hydrogen-bond acceptors (Lipinski definition) is 5. The molecule has 1 atom stereocenters. The minimum atomic E-state index is 0.118. The van der Waals surface area contributed by atoms with E-state index in [4.69, 9.17) is 11.6 Å². The van der Waals surface area contributed by atoms with E-state index < -0.39 is 0 Å². The normalized spacial score (nSPS) is 20.6. The van der Waals surface area contributed by atoms with E-state index in [1.54, 1.807) is 6.33 Å². The fourth-order valence-electron chi connectivity index (χ4n) is 3.96. The summed E-state index contributed by atoms with van der Waals surface area (Å²) in [7, 11) is 0. The molecule has 2 saturated heterocycles. The Bertz CT molecular complexity index is 828. The van der Waals surface area contributed by atoms with E-state index in [-0.39, 0.29) is 5.91 Å². The zero-order valence-electron chi connectivity index (χ0n) is 16.2. The third-order valence-corrected chi connectivity index (χ3v) is 5.80. The Morgan fingerprint density at radius 1 is 1.07 bits per heavy atom. The SMILES string of the molecule is CC1CCCN(c2cc(N3CCN(Cc4ccc(Cl)cc4)C(=O)C3)ncn2)C1. The Kier molecular flexibility index (Phi) is 5.67. The van der Waals surface area contributed by atoms with Crippen LogP contribution in [0.4, 0.5) is 11.6 Å². The van der Waals surface area contributed by atoms with Gasteiger partial charge in [0.15, 0.2) is 0 Å². The van der Waals surface area contributed by atoms with Crippen molar-refractivity contribution in [2.45, 2.75) is 26.3 Å². The molecule has 0 bridgehead atoms.